The van der Waals surface area contributed by atoms with Crippen molar-refractivity contribution in [2.24, 2.45) is 0 Å². The molecule has 2 aromatic rings. The Bertz CT molecular complexity index is 848. The zero-order valence-corrected chi connectivity index (χ0v) is 14.1. The van der Waals surface area contributed by atoms with E-state index >= 15 is 0 Å². The maximum atomic E-state index is 12.6. The molecular weight excluding hydrogens is 378 g/mol. The number of nitrogens with zero attached hydrogens (tertiary/aromatic N) is 3. The van der Waals surface area contributed by atoms with Gasteiger partial charge in [0, 0.05) is 10.7 Å². The van der Waals surface area contributed by atoms with Crippen molar-refractivity contribution in [1.29, 1.82) is 0 Å². The molecule has 2 rings (SSSR count). The third kappa shape index (κ3) is 3.78. The fraction of sp³-hybridized carbons (Fsp3) is 0.333. The van der Waals surface area contributed by atoms with Gasteiger partial charge in [-0.1, -0.05) is 25.4 Å². The smallest absolute Gasteiger partial charge is 0.219 e. The minimum Gasteiger partial charge on any atom is -0.219 e. The van der Waals surface area contributed by atoms with E-state index in [2.05, 4.69) is 10.1 Å². The first-order chi connectivity index (χ1) is 10.4. The summed E-state index contributed by atoms with van der Waals surface area (Å²) in [4.78, 5) is 2.90. The SMILES string of the molecule is CC(C)c1cc(Cl)c(-n2cnc(C(F)(F)F)n2)cc1S(=O)(=O)Cl. The highest BCUT2D eigenvalue weighted by molar-refractivity contribution is 8.13. The molecule has 0 atom stereocenters. The summed E-state index contributed by atoms with van der Waals surface area (Å²) >= 11 is 6.05. The number of halogens is 5. The Morgan fingerprint density at radius 1 is 1.26 bits per heavy atom. The molecule has 1 aromatic carbocycles. The quantitative estimate of drug-likeness (QED) is 0.746. The number of alkyl halides is 3. The summed E-state index contributed by atoms with van der Waals surface area (Å²) in [6.07, 6.45) is -3.93. The van der Waals surface area contributed by atoms with Gasteiger partial charge >= 0.3 is 6.18 Å². The van der Waals surface area contributed by atoms with Gasteiger partial charge in [-0.25, -0.2) is 18.1 Å². The molecule has 11 heteroatoms. The molecule has 23 heavy (non-hydrogen) atoms. The first kappa shape index (κ1) is 18.0. The van der Waals surface area contributed by atoms with Gasteiger partial charge in [0.25, 0.3) is 14.9 Å². The molecule has 0 radical (unpaired) electrons. The van der Waals surface area contributed by atoms with E-state index in [-0.39, 0.29) is 21.5 Å². The van der Waals surface area contributed by atoms with Crippen LogP contribution in [0.25, 0.3) is 5.69 Å². The molecule has 126 valence electrons. The van der Waals surface area contributed by atoms with Crippen molar-refractivity contribution < 1.29 is 21.6 Å². The molecule has 5 nitrogen and oxygen atoms in total. The van der Waals surface area contributed by atoms with E-state index in [4.69, 9.17) is 22.3 Å². The average Bonchev–Trinajstić information content (AvgIpc) is 2.86. The molecule has 0 fully saturated rings. The van der Waals surface area contributed by atoms with E-state index in [0.717, 1.165) is 17.1 Å². The number of hydrogen-bond donors (Lipinski definition) is 0. The van der Waals surface area contributed by atoms with Crippen molar-refractivity contribution in [3.05, 3.63) is 34.9 Å². The zero-order chi connectivity index (χ0) is 17.6. The van der Waals surface area contributed by atoms with E-state index < -0.39 is 21.1 Å². The highest BCUT2D eigenvalue weighted by Gasteiger charge is 2.36. The lowest BCUT2D eigenvalue weighted by atomic mass is 10.0. The van der Waals surface area contributed by atoms with E-state index in [1.54, 1.807) is 13.8 Å². The van der Waals surface area contributed by atoms with E-state index in [0.29, 0.717) is 5.56 Å². The van der Waals surface area contributed by atoms with Crippen LogP contribution in [0.15, 0.2) is 23.4 Å². The molecule has 1 heterocycles. The fourth-order valence-corrected chi connectivity index (χ4v) is 3.39. The van der Waals surface area contributed by atoms with Gasteiger partial charge in [0.2, 0.25) is 0 Å². The normalized spacial score (nSPS) is 12.9. The second-order valence-electron chi connectivity index (χ2n) is 4.94. The van der Waals surface area contributed by atoms with Crippen LogP contribution in [-0.4, -0.2) is 23.2 Å². The number of rotatable bonds is 3. The van der Waals surface area contributed by atoms with Crippen LogP contribution < -0.4 is 0 Å². The van der Waals surface area contributed by atoms with Crippen molar-refractivity contribution in [3.8, 4) is 5.69 Å². The van der Waals surface area contributed by atoms with Gasteiger partial charge in [-0.05, 0) is 23.6 Å². The summed E-state index contributed by atoms with van der Waals surface area (Å²) < 4.78 is 61.9. The topological polar surface area (TPSA) is 64.8 Å². The summed E-state index contributed by atoms with van der Waals surface area (Å²) in [5, 5.41) is 3.29. The lowest BCUT2D eigenvalue weighted by molar-refractivity contribution is -0.144. The van der Waals surface area contributed by atoms with Crippen molar-refractivity contribution >= 4 is 31.3 Å². The predicted molar refractivity (Wildman–Crippen MR) is 78.5 cm³/mol. The Morgan fingerprint density at radius 2 is 1.87 bits per heavy atom. The Labute approximate surface area is 139 Å². The first-order valence-electron chi connectivity index (χ1n) is 6.18. The molecule has 0 N–H and O–H groups in total. The molecular formula is C12H10Cl2F3N3O2S. The molecule has 0 bridgehead atoms. The summed E-state index contributed by atoms with van der Waals surface area (Å²) in [6.45, 7) is 3.46. The molecule has 0 amide bonds. The van der Waals surface area contributed by atoms with Crippen molar-refractivity contribution in [3.63, 3.8) is 0 Å². The van der Waals surface area contributed by atoms with E-state index in [1.807, 2.05) is 0 Å². The minimum atomic E-state index is -4.73. The van der Waals surface area contributed by atoms with Crippen LogP contribution in [0.2, 0.25) is 5.02 Å². The minimum absolute atomic E-state index is 0.0244. The van der Waals surface area contributed by atoms with Gasteiger partial charge in [-0.3, -0.25) is 0 Å². The monoisotopic (exact) mass is 387 g/mol. The Kier molecular flexibility index (Phi) is 4.67. The van der Waals surface area contributed by atoms with Crippen LogP contribution in [0, 0.1) is 0 Å². The molecule has 0 saturated heterocycles. The van der Waals surface area contributed by atoms with Gasteiger partial charge in [-0.2, -0.15) is 13.2 Å². The Morgan fingerprint density at radius 3 is 2.30 bits per heavy atom. The van der Waals surface area contributed by atoms with Crippen LogP contribution >= 0.6 is 22.3 Å². The molecule has 0 unspecified atom stereocenters. The van der Waals surface area contributed by atoms with E-state index in [9.17, 15) is 21.6 Å². The number of benzene rings is 1. The molecule has 0 aliphatic rings. The molecule has 0 aliphatic heterocycles. The lowest BCUT2D eigenvalue weighted by Gasteiger charge is -2.14. The second-order valence-corrected chi connectivity index (χ2v) is 7.89. The van der Waals surface area contributed by atoms with Crippen LogP contribution in [0.3, 0.4) is 0 Å². The average molecular weight is 388 g/mol. The maximum Gasteiger partial charge on any atom is 0.453 e. The molecule has 1 aromatic heterocycles. The number of hydrogen-bond acceptors (Lipinski definition) is 4. The lowest BCUT2D eigenvalue weighted by Crippen LogP contribution is -2.09. The Balaban J connectivity index is 2.67. The van der Waals surface area contributed by atoms with Gasteiger partial charge in [0.05, 0.1) is 15.6 Å². The van der Waals surface area contributed by atoms with Crippen LogP contribution in [0.5, 0.6) is 0 Å². The van der Waals surface area contributed by atoms with Crippen molar-refractivity contribution in [1.82, 2.24) is 14.8 Å². The highest BCUT2D eigenvalue weighted by Crippen LogP contribution is 2.34. The molecule has 0 saturated carbocycles. The predicted octanol–water partition coefficient (Wildman–Crippen LogP) is 3.99. The van der Waals surface area contributed by atoms with Crippen LogP contribution in [0.1, 0.15) is 31.2 Å². The Hall–Kier alpha value is -1.32. The van der Waals surface area contributed by atoms with Crippen molar-refractivity contribution in [2.75, 3.05) is 0 Å². The number of aromatic nitrogens is 3. The zero-order valence-electron chi connectivity index (χ0n) is 11.8. The molecule has 0 spiro atoms. The van der Waals surface area contributed by atoms with E-state index in [1.165, 1.54) is 6.07 Å². The summed E-state index contributed by atoms with van der Waals surface area (Å²) in [5.41, 5.74) is 0.281. The highest BCUT2D eigenvalue weighted by atomic mass is 35.7. The standard InChI is InChI=1S/C12H10Cl2F3N3O2S/c1-6(2)7-3-8(13)9(4-10(7)23(14,21)22)20-5-18-11(19-20)12(15,16)17/h3-6H,1-2H3. The second kappa shape index (κ2) is 5.95. The summed E-state index contributed by atoms with van der Waals surface area (Å²) in [6, 6.07) is 2.42. The third-order valence-electron chi connectivity index (χ3n) is 2.96. The first-order valence-corrected chi connectivity index (χ1v) is 8.87. The maximum absolute atomic E-state index is 12.6. The van der Waals surface area contributed by atoms with Gasteiger partial charge in [-0.15, -0.1) is 5.10 Å². The third-order valence-corrected chi connectivity index (χ3v) is 4.64. The summed E-state index contributed by atoms with van der Waals surface area (Å²) in [7, 11) is 1.28. The van der Waals surface area contributed by atoms with Crippen LogP contribution in [0.4, 0.5) is 13.2 Å². The van der Waals surface area contributed by atoms with Crippen LogP contribution in [-0.2, 0) is 15.2 Å². The van der Waals surface area contributed by atoms with Crippen molar-refractivity contribution in [2.45, 2.75) is 30.8 Å². The van der Waals surface area contributed by atoms with Gasteiger partial charge < -0.3 is 0 Å². The summed E-state index contributed by atoms with van der Waals surface area (Å²) in [5.74, 6) is -1.58. The van der Waals surface area contributed by atoms with Gasteiger partial charge in [0.1, 0.15) is 6.33 Å². The molecule has 0 aliphatic carbocycles. The fourth-order valence-electron chi connectivity index (χ4n) is 1.90. The largest absolute Gasteiger partial charge is 0.453 e. The van der Waals surface area contributed by atoms with Gasteiger partial charge in [0.15, 0.2) is 0 Å².